The molecule has 1 aromatic rings. The lowest BCUT2D eigenvalue weighted by atomic mass is 9.86. The third kappa shape index (κ3) is 4.09. The van der Waals surface area contributed by atoms with Gasteiger partial charge in [0, 0.05) is 17.5 Å². The molecule has 2 rings (SSSR count). The lowest BCUT2D eigenvalue weighted by Gasteiger charge is -2.42. The van der Waals surface area contributed by atoms with Crippen molar-refractivity contribution in [3.63, 3.8) is 0 Å². The van der Waals surface area contributed by atoms with Gasteiger partial charge < -0.3 is 9.84 Å². The van der Waals surface area contributed by atoms with Crippen molar-refractivity contribution in [3.05, 3.63) is 11.1 Å². The summed E-state index contributed by atoms with van der Waals surface area (Å²) in [5, 5.41) is 10.1. The highest BCUT2D eigenvalue weighted by Crippen LogP contribution is 2.28. The number of aromatic nitrogens is 1. The minimum atomic E-state index is -3.88. The fourth-order valence-corrected chi connectivity index (χ4v) is 4.96. The van der Waals surface area contributed by atoms with Gasteiger partial charge in [-0.2, -0.15) is 4.37 Å². The number of hydrogen-bond acceptors (Lipinski definition) is 8. The molecular formula is C13H19N3O6S2. The standard InChI is InChI=1S/C13H19N3O6S2/c1-3-16(6-11(17)18)9-4-8(5-9)15-24(20,21)10-7-23-14-12(10)13(19)22-2/h7-9,15H,3-6H2,1-2H3,(H,17,18). The lowest BCUT2D eigenvalue weighted by Crippen LogP contribution is -2.54. The maximum Gasteiger partial charge on any atom is 0.359 e. The number of aliphatic carboxylic acids is 1. The van der Waals surface area contributed by atoms with Gasteiger partial charge in [-0.1, -0.05) is 6.92 Å². The maximum atomic E-state index is 12.4. The predicted molar refractivity (Wildman–Crippen MR) is 85.5 cm³/mol. The number of carboxylic acids is 1. The van der Waals surface area contributed by atoms with Gasteiger partial charge in [0.1, 0.15) is 4.90 Å². The molecule has 11 heteroatoms. The second kappa shape index (κ2) is 7.55. The monoisotopic (exact) mass is 377 g/mol. The molecule has 1 fully saturated rings. The Morgan fingerprint density at radius 3 is 2.71 bits per heavy atom. The van der Waals surface area contributed by atoms with E-state index in [1.54, 1.807) is 4.90 Å². The molecule has 1 aromatic heterocycles. The van der Waals surface area contributed by atoms with Crippen LogP contribution in [0.2, 0.25) is 0 Å². The molecular weight excluding hydrogens is 358 g/mol. The first-order valence-corrected chi connectivity index (χ1v) is 9.61. The van der Waals surface area contributed by atoms with Crippen molar-refractivity contribution in [1.29, 1.82) is 0 Å². The van der Waals surface area contributed by atoms with Crippen molar-refractivity contribution in [3.8, 4) is 0 Å². The van der Waals surface area contributed by atoms with Gasteiger partial charge in [0.2, 0.25) is 10.0 Å². The molecule has 0 unspecified atom stereocenters. The maximum absolute atomic E-state index is 12.4. The van der Waals surface area contributed by atoms with Crippen molar-refractivity contribution in [2.75, 3.05) is 20.2 Å². The summed E-state index contributed by atoms with van der Waals surface area (Å²) < 4.78 is 35.6. The highest BCUT2D eigenvalue weighted by molar-refractivity contribution is 7.89. The molecule has 0 aliphatic heterocycles. The van der Waals surface area contributed by atoms with Crippen molar-refractivity contribution < 1.29 is 27.9 Å². The van der Waals surface area contributed by atoms with Crippen LogP contribution in [0.3, 0.4) is 0 Å². The van der Waals surface area contributed by atoms with Crippen LogP contribution in [0.5, 0.6) is 0 Å². The largest absolute Gasteiger partial charge is 0.480 e. The molecule has 0 radical (unpaired) electrons. The molecule has 1 saturated carbocycles. The molecule has 2 N–H and O–H groups in total. The topological polar surface area (TPSA) is 126 Å². The van der Waals surface area contributed by atoms with Crippen molar-refractivity contribution in [2.45, 2.75) is 36.7 Å². The van der Waals surface area contributed by atoms with Gasteiger partial charge in [0.15, 0.2) is 5.69 Å². The van der Waals surface area contributed by atoms with E-state index in [9.17, 15) is 18.0 Å². The van der Waals surface area contributed by atoms with Gasteiger partial charge in [-0.3, -0.25) is 9.69 Å². The van der Waals surface area contributed by atoms with Crippen LogP contribution >= 0.6 is 11.5 Å². The van der Waals surface area contributed by atoms with Gasteiger partial charge in [0.05, 0.1) is 13.7 Å². The summed E-state index contributed by atoms with van der Waals surface area (Å²) in [7, 11) is -2.72. The summed E-state index contributed by atoms with van der Waals surface area (Å²) in [6.07, 6.45) is 1.04. The minimum Gasteiger partial charge on any atom is -0.480 e. The fourth-order valence-electron chi connectivity index (χ4n) is 2.59. The van der Waals surface area contributed by atoms with Crippen LogP contribution in [-0.2, 0) is 19.6 Å². The number of rotatable bonds is 8. The van der Waals surface area contributed by atoms with Crippen molar-refractivity contribution >= 4 is 33.5 Å². The van der Waals surface area contributed by atoms with Gasteiger partial charge in [-0.25, -0.2) is 17.9 Å². The number of hydrogen-bond donors (Lipinski definition) is 2. The molecule has 0 amide bonds. The molecule has 134 valence electrons. The Kier molecular flexibility index (Phi) is 5.91. The smallest absolute Gasteiger partial charge is 0.359 e. The first-order chi connectivity index (χ1) is 11.3. The summed E-state index contributed by atoms with van der Waals surface area (Å²) in [5.74, 6) is -1.71. The number of likely N-dealkylation sites (N-methyl/N-ethyl adjacent to an activating group) is 1. The molecule has 1 heterocycles. The fraction of sp³-hybridized carbons (Fsp3) is 0.615. The highest BCUT2D eigenvalue weighted by atomic mass is 32.2. The van der Waals surface area contributed by atoms with E-state index in [4.69, 9.17) is 5.11 Å². The van der Waals surface area contributed by atoms with Crippen LogP contribution in [0.4, 0.5) is 0 Å². The SMILES string of the molecule is CCN(CC(=O)O)C1CC(NS(=O)(=O)c2csnc2C(=O)OC)C1. The third-order valence-electron chi connectivity index (χ3n) is 3.90. The number of carbonyl (C=O) groups is 2. The van der Waals surface area contributed by atoms with E-state index < -0.39 is 22.0 Å². The van der Waals surface area contributed by atoms with E-state index in [1.807, 2.05) is 6.92 Å². The van der Waals surface area contributed by atoms with Gasteiger partial charge in [-0.05, 0) is 30.9 Å². The van der Waals surface area contributed by atoms with Crippen LogP contribution in [0, 0.1) is 0 Å². The molecule has 0 aromatic carbocycles. The zero-order valence-electron chi connectivity index (χ0n) is 13.3. The average Bonchev–Trinajstić information content (AvgIpc) is 2.98. The van der Waals surface area contributed by atoms with E-state index in [2.05, 4.69) is 13.8 Å². The van der Waals surface area contributed by atoms with Crippen LogP contribution < -0.4 is 4.72 Å². The number of sulfonamides is 1. The number of carbonyl (C=O) groups excluding carboxylic acids is 1. The van der Waals surface area contributed by atoms with Crippen molar-refractivity contribution in [1.82, 2.24) is 14.0 Å². The van der Waals surface area contributed by atoms with Crippen molar-refractivity contribution in [2.24, 2.45) is 0 Å². The van der Waals surface area contributed by atoms with Crippen LogP contribution in [0.25, 0.3) is 0 Å². The summed E-state index contributed by atoms with van der Waals surface area (Å²) >= 11 is 0.862. The quantitative estimate of drug-likeness (QED) is 0.613. The van der Waals surface area contributed by atoms with Gasteiger partial charge in [-0.15, -0.1) is 0 Å². The number of esters is 1. The molecule has 0 bridgehead atoms. The van der Waals surface area contributed by atoms with E-state index in [0.29, 0.717) is 19.4 Å². The lowest BCUT2D eigenvalue weighted by molar-refractivity contribution is -0.139. The minimum absolute atomic E-state index is 0.0273. The second-order valence-electron chi connectivity index (χ2n) is 5.42. The molecule has 0 atom stereocenters. The Bertz CT molecular complexity index is 711. The Labute approximate surface area is 143 Å². The van der Waals surface area contributed by atoms with Crippen LogP contribution in [-0.4, -0.2) is 67.0 Å². The number of carboxylic acid groups (broad SMARTS) is 1. The second-order valence-corrected chi connectivity index (χ2v) is 7.73. The summed E-state index contributed by atoms with van der Waals surface area (Å²) in [5.41, 5.74) is -0.230. The molecule has 24 heavy (non-hydrogen) atoms. The summed E-state index contributed by atoms with van der Waals surface area (Å²) in [6, 6.07) is -0.271. The highest BCUT2D eigenvalue weighted by Gasteiger charge is 2.37. The van der Waals surface area contributed by atoms with Crippen LogP contribution in [0.15, 0.2) is 10.3 Å². The molecule has 0 saturated heterocycles. The first-order valence-electron chi connectivity index (χ1n) is 7.29. The predicted octanol–water partition coefficient (Wildman–Crippen LogP) is 0.145. The zero-order valence-corrected chi connectivity index (χ0v) is 14.9. The normalized spacial score (nSPS) is 20.6. The molecule has 9 nitrogen and oxygen atoms in total. The average molecular weight is 377 g/mol. The number of nitrogens with zero attached hydrogens (tertiary/aromatic N) is 2. The number of methoxy groups -OCH3 is 1. The van der Waals surface area contributed by atoms with Gasteiger partial charge in [0.25, 0.3) is 0 Å². The Morgan fingerprint density at radius 1 is 1.50 bits per heavy atom. The van der Waals surface area contributed by atoms with Crippen LogP contribution in [0.1, 0.15) is 30.3 Å². The number of ether oxygens (including phenoxy) is 1. The Hall–Kier alpha value is -1.56. The number of nitrogens with one attached hydrogen (secondary N) is 1. The molecule has 1 aliphatic rings. The van der Waals surface area contributed by atoms with E-state index in [-0.39, 0.29) is 29.2 Å². The first kappa shape index (κ1) is 18.8. The third-order valence-corrected chi connectivity index (χ3v) is 6.21. The van der Waals surface area contributed by atoms with Gasteiger partial charge >= 0.3 is 11.9 Å². The Balaban J connectivity index is 1.99. The zero-order chi connectivity index (χ0) is 17.9. The summed E-state index contributed by atoms with van der Waals surface area (Å²) in [4.78, 5) is 24.0. The van der Waals surface area contributed by atoms with E-state index >= 15 is 0 Å². The molecule has 0 spiro atoms. The van der Waals surface area contributed by atoms with E-state index in [0.717, 1.165) is 18.6 Å². The van der Waals surface area contributed by atoms with E-state index in [1.165, 1.54) is 5.38 Å². The summed E-state index contributed by atoms with van der Waals surface area (Å²) in [6.45, 7) is 2.37. The Morgan fingerprint density at radius 2 is 2.17 bits per heavy atom. The molecule has 1 aliphatic carbocycles.